The Hall–Kier alpha value is -1.55. The molecule has 0 radical (unpaired) electrons. The first kappa shape index (κ1) is 13.1. The second kappa shape index (κ2) is 4.73. The van der Waals surface area contributed by atoms with E-state index in [0.717, 1.165) is 18.6 Å². The molecule has 0 aromatic heterocycles. The van der Waals surface area contributed by atoms with Crippen molar-refractivity contribution < 1.29 is 9.53 Å². The van der Waals surface area contributed by atoms with Gasteiger partial charge in [0, 0.05) is 29.5 Å². The Kier molecular flexibility index (Phi) is 2.96. The molecule has 21 heavy (non-hydrogen) atoms. The Morgan fingerprint density at radius 1 is 1.43 bits per heavy atom. The van der Waals surface area contributed by atoms with E-state index in [4.69, 9.17) is 10.5 Å². The van der Waals surface area contributed by atoms with Gasteiger partial charge in [0.25, 0.3) is 0 Å². The summed E-state index contributed by atoms with van der Waals surface area (Å²) in [5.74, 6) is 1.84. The fraction of sp³-hybridized carbons (Fsp3) is 0.588. The summed E-state index contributed by atoms with van der Waals surface area (Å²) in [6, 6.07) is 8.27. The minimum atomic E-state index is 0.0165. The monoisotopic (exact) mass is 286 g/mol. The zero-order valence-electron chi connectivity index (χ0n) is 12.2. The Morgan fingerprint density at radius 3 is 3.05 bits per heavy atom. The van der Waals surface area contributed by atoms with Crippen LogP contribution in [0.5, 0.6) is 5.75 Å². The smallest absolute Gasteiger partial charge is 0.224 e. The second-order valence-electron chi connectivity index (χ2n) is 6.75. The predicted octanol–water partition coefficient (Wildman–Crippen LogP) is 1.58. The van der Waals surface area contributed by atoms with Gasteiger partial charge in [0.1, 0.15) is 5.75 Å². The van der Waals surface area contributed by atoms with Gasteiger partial charge in [-0.05, 0) is 37.7 Å². The van der Waals surface area contributed by atoms with Crippen LogP contribution in [0.1, 0.15) is 31.2 Å². The number of ether oxygens (including phenoxy) is 1. The Balaban J connectivity index is 1.43. The molecule has 1 aliphatic heterocycles. The van der Waals surface area contributed by atoms with E-state index < -0.39 is 0 Å². The van der Waals surface area contributed by atoms with Crippen molar-refractivity contribution in [2.75, 3.05) is 13.2 Å². The van der Waals surface area contributed by atoms with Crippen LogP contribution in [0.3, 0.4) is 0 Å². The summed E-state index contributed by atoms with van der Waals surface area (Å²) in [4.78, 5) is 12.4. The predicted molar refractivity (Wildman–Crippen MR) is 80.0 cm³/mol. The first-order chi connectivity index (χ1) is 10.2. The van der Waals surface area contributed by atoms with Crippen LogP contribution in [-0.2, 0) is 10.2 Å². The largest absolute Gasteiger partial charge is 0.493 e. The van der Waals surface area contributed by atoms with Gasteiger partial charge in [0.05, 0.1) is 6.61 Å². The van der Waals surface area contributed by atoms with Crippen molar-refractivity contribution in [3.05, 3.63) is 29.8 Å². The van der Waals surface area contributed by atoms with Crippen LogP contribution in [0.25, 0.3) is 0 Å². The first-order valence-corrected chi connectivity index (χ1v) is 7.96. The topological polar surface area (TPSA) is 64.3 Å². The molecule has 0 saturated heterocycles. The number of nitrogens with two attached hydrogens (primary N) is 1. The molecule has 2 fully saturated rings. The number of benzene rings is 1. The van der Waals surface area contributed by atoms with E-state index in [-0.39, 0.29) is 23.3 Å². The van der Waals surface area contributed by atoms with Crippen molar-refractivity contribution >= 4 is 5.91 Å². The van der Waals surface area contributed by atoms with E-state index in [9.17, 15) is 4.79 Å². The second-order valence-corrected chi connectivity index (χ2v) is 6.75. The molecular formula is C17H22N2O2. The van der Waals surface area contributed by atoms with Gasteiger partial charge >= 0.3 is 0 Å². The van der Waals surface area contributed by atoms with Gasteiger partial charge < -0.3 is 15.8 Å². The molecule has 1 heterocycles. The van der Waals surface area contributed by atoms with E-state index in [1.54, 1.807) is 0 Å². The molecule has 0 bridgehead atoms. The summed E-state index contributed by atoms with van der Waals surface area (Å²) in [6.07, 6.45) is 4.32. The molecule has 1 aromatic rings. The van der Waals surface area contributed by atoms with Gasteiger partial charge in [-0.1, -0.05) is 18.2 Å². The number of carbonyl (C=O) groups is 1. The Morgan fingerprint density at radius 2 is 2.24 bits per heavy atom. The SMILES string of the molecule is NC(CNC(=O)C1CC12CCOc1ccccc12)C1CC1. The molecule has 3 atom stereocenters. The number of amides is 1. The molecule has 112 valence electrons. The zero-order chi connectivity index (χ0) is 14.4. The number of carbonyl (C=O) groups excluding carboxylic acids is 1. The van der Waals surface area contributed by atoms with Crippen LogP contribution in [0.2, 0.25) is 0 Å². The number of nitrogens with one attached hydrogen (secondary N) is 1. The highest BCUT2D eigenvalue weighted by Crippen LogP contribution is 2.60. The highest BCUT2D eigenvalue weighted by atomic mass is 16.5. The molecule has 3 N–H and O–H groups in total. The quantitative estimate of drug-likeness (QED) is 0.883. The van der Waals surface area contributed by atoms with E-state index in [1.165, 1.54) is 18.4 Å². The Labute approximate surface area is 125 Å². The standard InChI is InChI=1S/C17H22N2O2/c18-14(11-5-6-11)10-19-16(20)13-9-17(13)7-8-21-15-4-2-1-3-12(15)17/h1-4,11,13-14H,5-10,18H2,(H,19,20). The van der Waals surface area contributed by atoms with Crippen molar-refractivity contribution in [1.82, 2.24) is 5.32 Å². The fourth-order valence-corrected chi connectivity index (χ4v) is 3.74. The van der Waals surface area contributed by atoms with Crippen LogP contribution in [0.15, 0.2) is 24.3 Å². The lowest BCUT2D eigenvalue weighted by atomic mass is 9.87. The minimum Gasteiger partial charge on any atom is -0.493 e. The van der Waals surface area contributed by atoms with Crippen LogP contribution >= 0.6 is 0 Å². The molecule has 2 saturated carbocycles. The molecule has 3 unspecified atom stereocenters. The molecule has 2 aliphatic carbocycles. The summed E-state index contributed by atoms with van der Waals surface area (Å²) in [6.45, 7) is 1.33. The molecular weight excluding hydrogens is 264 g/mol. The van der Waals surface area contributed by atoms with Crippen molar-refractivity contribution in [1.29, 1.82) is 0 Å². The molecule has 4 nitrogen and oxygen atoms in total. The number of para-hydroxylation sites is 1. The third kappa shape index (κ3) is 2.22. The maximum Gasteiger partial charge on any atom is 0.224 e. The average molecular weight is 286 g/mol. The number of hydrogen-bond donors (Lipinski definition) is 2. The van der Waals surface area contributed by atoms with Crippen LogP contribution in [0, 0.1) is 11.8 Å². The lowest BCUT2D eigenvalue weighted by Crippen LogP contribution is -2.40. The third-order valence-electron chi connectivity index (χ3n) is 5.36. The highest BCUT2D eigenvalue weighted by molar-refractivity contribution is 5.84. The third-order valence-corrected chi connectivity index (χ3v) is 5.36. The van der Waals surface area contributed by atoms with Crippen molar-refractivity contribution in [3.8, 4) is 5.75 Å². The normalized spacial score (nSPS) is 31.2. The highest BCUT2D eigenvalue weighted by Gasteiger charge is 2.60. The molecule has 1 aromatic carbocycles. The first-order valence-electron chi connectivity index (χ1n) is 7.96. The molecule has 1 amide bonds. The summed E-state index contributed by atoms with van der Waals surface area (Å²) >= 11 is 0. The molecule has 4 rings (SSSR count). The van der Waals surface area contributed by atoms with Gasteiger partial charge in [-0.2, -0.15) is 0 Å². The lowest BCUT2D eigenvalue weighted by molar-refractivity contribution is -0.122. The van der Waals surface area contributed by atoms with Gasteiger partial charge in [0.2, 0.25) is 5.91 Å². The van der Waals surface area contributed by atoms with Crippen LogP contribution in [-0.4, -0.2) is 25.1 Å². The van der Waals surface area contributed by atoms with Gasteiger partial charge in [-0.15, -0.1) is 0 Å². The van der Waals surface area contributed by atoms with Crippen LogP contribution < -0.4 is 15.8 Å². The van der Waals surface area contributed by atoms with E-state index in [1.807, 2.05) is 18.2 Å². The molecule has 1 spiro atoms. The van der Waals surface area contributed by atoms with Gasteiger partial charge in [-0.3, -0.25) is 4.79 Å². The van der Waals surface area contributed by atoms with Crippen molar-refractivity contribution in [2.45, 2.75) is 37.1 Å². The summed E-state index contributed by atoms with van der Waals surface area (Å²) in [5.41, 5.74) is 7.29. The summed E-state index contributed by atoms with van der Waals surface area (Å²) < 4.78 is 5.71. The van der Waals surface area contributed by atoms with E-state index in [0.29, 0.717) is 19.1 Å². The fourth-order valence-electron chi connectivity index (χ4n) is 3.74. The summed E-state index contributed by atoms with van der Waals surface area (Å²) in [7, 11) is 0. The lowest BCUT2D eigenvalue weighted by Gasteiger charge is -2.26. The zero-order valence-corrected chi connectivity index (χ0v) is 12.2. The van der Waals surface area contributed by atoms with Crippen LogP contribution in [0.4, 0.5) is 0 Å². The maximum atomic E-state index is 12.4. The van der Waals surface area contributed by atoms with Crippen molar-refractivity contribution in [2.24, 2.45) is 17.6 Å². The Bertz CT molecular complexity index is 570. The van der Waals surface area contributed by atoms with E-state index in [2.05, 4.69) is 11.4 Å². The van der Waals surface area contributed by atoms with Gasteiger partial charge in [-0.25, -0.2) is 0 Å². The molecule has 3 aliphatic rings. The van der Waals surface area contributed by atoms with Crippen molar-refractivity contribution in [3.63, 3.8) is 0 Å². The number of hydrogen-bond acceptors (Lipinski definition) is 3. The number of rotatable bonds is 4. The summed E-state index contributed by atoms with van der Waals surface area (Å²) in [5, 5.41) is 3.06. The van der Waals surface area contributed by atoms with Gasteiger partial charge in [0.15, 0.2) is 0 Å². The average Bonchev–Trinajstić information content (AvgIpc) is 3.40. The maximum absolute atomic E-state index is 12.4. The van der Waals surface area contributed by atoms with E-state index >= 15 is 0 Å². The minimum absolute atomic E-state index is 0.0165. The molecule has 4 heteroatoms. The number of fused-ring (bicyclic) bond motifs is 2.